The van der Waals surface area contributed by atoms with Gasteiger partial charge in [-0.15, -0.1) is 0 Å². The van der Waals surface area contributed by atoms with Crippen molar-refractivity contribution < 1.29 is 4.79 Å². The van der Waals surface area contributed by atoms with Crippen molar-refractivity contribution in [2.75, 3.05) is 13.1 Å². The molecule has 1 heterocycles. The highest BCUT2D eigenvalue weighted by atomic mass is 16.2. The van der Waals surface area contributed by atoms with Crippen molar-refractivity contribution in [3.8, 4) is 0 Å². The second-order valence-corrected chi connectivity index (χ2v) is 5.54. The van der Waals surface area contributed by atoms with E-state index in [1.54, 1.807) is 0 Å². The first kappa shape index (κ1) is 9.64. The quantitative estimate of drug-likeness (QED) is 0.739. The number of carbonyl (C=O) groups excluding carboxylic acids is 1. The summed E-state index contributed by atoms with van der Waals surface area (Å²) >= 11 is 0. The Bertz CT molecular complexity index is 279. The molecule has 3 aliphatic rings. The number of hydrogen-bond acceptors (Lipinski definition) is 2. The van der Waals surface area contributed by atoms with E-state index in [1.807, 2.05) is 4.90 Å². The molecular weight excluding hydrogens is 188 g/mol. The molecular formula is C12H20N2O. The zero-order chi connectivity index (χ0) is 10.4. The van der Waals surface area contributed by atoms with Crippen LogP contribution < -0.4 is 5.32 Å². The van der Waals surface area contributed by atoms with E-state index in [4.69, 9.17) is 0 Å². The average molecular weight is 208 g/mol. The molecule has 1 saturated heterocycles. The Kier molecular flexibility index (Phi) is 2.23. The molecule has 3 rings (SSSR count). The molecule has 4 atom stereocenters. The smallest absolute Gasteiger partial charge is 0.237 e. The number of nitrogens with zero attached hydrogens (tertiary/aromatic N) is 1. The molecule has 3 heteroatoms. The van der Waals surface area contributed by atoms with Crippen LogP contribution >= 0.6 is 0 Å². The van der Waals surface area contributed by atoms with Crippen molar-refractivity contribution in [2.45, 2.75) is 38.8 Å². The van der Waals surface area contributed by atoms with Crippen LogP contribution in [0.2, 0.25) is 0 Å². The maximum atomic E-state index is 11.6. The molecule has 1 aliphatic heterocycles. The third-order valence-electron chi connectivity index (χ3n) is 4.65. The van der Waals surface area contributed by atoms with Gasteiger partial charge in [0.15, 0.2) is 0 Å². The first-order chi connectivity index (χ1) is 7.24. The lowest BCUT2D eigenvalue weighted by molar-refractivity contribution is -0.128. The minimum Gasteiger partial charge on any atom is -0.326 e. The summed E-state index contributed by atoms with van der Waals surface area (Å²) < 4.78 is 0. The summed E-state index contributed by atoms with van der Waals surface area (Å²) in [4.78, 5) is 13.7. The Hall–Kier alpha value is -0.570. The van der Waals surface area contributed by atoms with Gasteiger partial charge in [0.05, 0.1) is 12.7 Å². The normalized spacial score (nSPS) is 44.3. The number of rotatable bonds is 2. The molecule has 0 aromatic rings. The number of amides is 1. The molecule has 15 heavy (non-hydrogen) atoms. The van der Waals surface area contributed by atoms with Gasteiger partial charge in [-0.2, -0.15) is 0 Å². The minimum atomic E-state index is 0.261. The van der Waals surface area contributed by atoms with Crippen molar-refractivity contribution >= 4 is 5.91 Å². The molecule has 1 N–H and O–H groups in total. The summed E-state index contributed by atoms with van der Waals surface area (Å²) in [6.45, 7) is 3.65. The monoisotopic (exact) mass is 208 g/mol. The Morgan fingerprint density at radius 1 is 1.40 bits per heavy atom. The largest absolute Gasteiger partial charge is 0.326 e. The Morgan fingerprint density at radius 3 is 2.80 bits per heavy atom. The van der Waals surface area contributed by atoms with Crippen LogP contribution in [0.15, 0.2) is 0 Å². The van der Waals surface area contributed by atoms with Crippen molar-refractivity contribution in [3.63, 3.8) is 0 Å². The summed E-state index contributed by atoms with van der Waals surface area (Å²) in [5.41, 5.74) is 0. The molecule has 3 fully saturated rings. The highest BCUT2D eigenvalue weighted by Crippen LogP contribution is 2.48. The molecule has 2 saturated carbocycles. The fourth-order valence-electron chi connectivity index (χ4n) is 3.78. The molecule has 2 aliphatic carbocycles. The van der Waals surface area contributed by atoms with Crippen LogP contribution in [0.4, 0.5) is 0 Å². The second-order valence-electron chi connectivity index (χ2n) is 5.54. The molecule has 4 unspecified atom stereocenters. The summed E-state index contributed by atoms with van der Waals surface area (Å²) in [6.07, 6.45) is 5.94. The zero-order valence-electron chi connectivity index (χ0n) is 9.41. The van der Waals surface area contributed by atoms with Gasteiger partial charge in [-0.25, -0.2) is 0 Å². The van der Waals surface area contributed by atoms with E-state index in [0.717, 1.165) is 24.3 Å². The highest BCUT2D eigenvalue weighted by molar-refractivity contribution is 5.80. The van der Waals surface area contributed by atoms with Gasteiger partial charge >= 0.3 is 0 Å². The van der Waals surface area contributed by atoms with E-state index in [2.05, 4.69) is 12.2 Å². The number of nitrogens with one attached hydrogen (secondary N) is 1. The highest BCUT2D eigenvalue weighted by Gasteiger charge is 2.41. The molecule has 3 nitrogen and oxygen atoms in total. The van der Waals surface area contributed by atoms with Gasteiger partial charge in [0, 0.05) is 6.54 Å². The summed E-state index contributed by atoms with van der Waals surface area (Å²) in [5.74, 6) is 3.01. The van der Waals surface area contributed by atoms with E-state index < -0.39 is 0 Å². The SMILES string of the molecule is CC1NCC(=O)N1CC1CC2CCC1C2. The maximum Gasteiger partial charge on any atom is 0.237 e. The van der Waals surface area contributed by atoms with Crippen LogP contribution in [0.5, 0.6) is 0 Å². The molecule has 0 spiro atoms. The van der Waals surface area contributed by atoms with E-state index in [0.29, 0.717) is 12.5 Å². The second kappa shape index (κ2) is 3.48. The predicted octanol–water partition coefficient (Wildman–Crippen LogP) is 1.20. The topological polar surface area (TPSA) is 32.3 Å². The fraction of sp³-hybridized carbons (Fsp3) is 0.917. The van der Waals surface area contributed by atoms with Crippen LogP contribution in [0.3, 0.4) is 0 Å². The van der Waals surface area contributed by atoms with E-state index in [-0.39, 0.29) is 6.17 Å². The number of hydrogen-bond donors (Lipinski definition) is 1. The van der Waals surface area contributed by atoms with Gasteiger partial charge in [-0.3, -0.25) is 10.1 Å². The van der Waals surface area contributed by atoms with Gasteiger partial charge in [0.2, 0.25) is 5.91 Å². The Labute approximate surface area is 91.2 Å². The van der Waals surface area contributed by atoms with Crippen LogP contribution in [0.1, 0.15) is 32.6 Å². The van der Waals surface area contributed by atoms with Crippen molar-refractivity contribution in [1.29, 1.82) is 0 Å². The maximum absolute atomic E-state index is 11.6. The van der Waals surface area contributed by atoms with Gasteiger partial charge in [0.1, 0.15) is 0 Å². The zero-order valence-corrected chi connectivity index (χ0v) is 9.41. The van der Waals surface area contributed by atoms with Crippen LogP contribution in [-0.2, 0) is 4.79 Å². The number of carbonyl (C=O) groups is 1. The summed E-state index contributed by atoms with van der Waals surface area (Å²) in [7, 11) is 0. The first-order valence-electron chi connectivity index (χ1n) is 6.27. The standard InChI is InChI=1S/C12H20N2O/c1-8-13-6-12(15)14(8)7-11-5-9-2-3-10(11)4-9/h8-11,13H,2-7H2,1H3. The molecule has 84 valence electrons. The third-order valence-corrected chi connectivity index (χ3v) is 4.65. The van der Waals surface area contributed by atoms with Crippen molar-refractivity contribution in [1.82, 2.24) is 10.2 Å². The van der Waals surface area contributed by atoms with Crippen molar-refractivity contribution in [2.24, 2.45) is 17.8 Å². The van der Waals surface area contributed by atoms with Crippen molar-refractivity contribution in [3.05, 3.63) is 0 Å². The lowest BCUT2D eigenvalue weighted by Gasteiger charge is -2.29. The minimum absolute atomic E-state index is 0.261. The van der Waals surface area contributed by atoms with E-state index in [9.17, 15) is 4.79 Å². The predicted molar refractivity (Wildman–Crippen MR) is 58.1 cm³/mol. The summed E-state index contributed by atoms with van der Waals surface area (Å²) in [5, 5.41) is 3.21. The van der Waals surface area contributed by atoms with Gasteiger partial charge < -0.3 is 4.90 Å². The van der Waals surface area contributed by atoms with Crippen LogP contribution in [0, 0.1) is 17.8 Å². The Morgan fingerprint density at radius 2 is 2.27 bits per heavy atom. The molecule has 0 aromatic carbocycles. The Balaban J connectivity index is 1.63. The third kappa shape index (κ3) is 1.57. The van der Waals surface area contributed by atoms with Gasteiger partial charge in [-0.05, 0) is 43.9 Å². The lowest BCUT2D eigenvalue weighted by Crippen LogP contribution is -2.39. The van der Waals surface area contributed by atoms with E-state index in [1.165, 1.54) is 25.7 Å². The summed E-state index contributed by atoms with van der Waals surface area (Å²) in [6, 6.07) is 0. The van der Waals surface area contributed by atoms with Gasteiger partial charge in [0.25, 0.3) is 0 Å². The average Bonchev–Trinajstić information content (AvgIpc) is 2.89. The molecule has 1 amide bonds. The van der Waals surface area contributed by atoms with Gasteiger partial charge in [-0.1, -0.05) is 6.42 Å². The molecule has 0 aromatic heterocycles. The van der Waals surface area contributed by atoms with Crippen LogP contribution in [0.25, 0.3) is 0 Å². The van der Waals surface area contributed by atoms with Crippen LogP contribution in [-0.4, -0.2) is 30.1 Å². The number of fused-ring (bicyclic) bond motifs is 2. The first-order valence-corrected chi connectivity index (χ1v) is 6.27. The van der Waals surface area contributed by atoms with E-state index >= 15 is 0 Å². The molecule has 0 radical (unpaired) electrons. The fourth-order valence-corrected chi connectivity index (χ4v) is 3.78. The lowest BCUT2D eigenvalue weighted by atomic mass is 9.88. The molecule has 2 bridgehead atoms.